The first-order chi connectivity index (χ1) is 13.4. The summed E-state index contributed by atoms with van der Waals surface area (Å²) < 4.78 is 15.7. The van der Waals surface area contributed by atoms with Crippen molar-refractivity contribution in [1.82, 2.24) is 4.90 Å². The van der Waals surface area contributed by atoms with Gasteiger partial charge < -0.3 is 24.2 Å². The molecule has 0 saturated carbocycles. The highest BCUT2D eigenvalue weighted by Crippen LogP contribution is 2.24. The van der Waals surface area contributed by atoms with Crippen LogP contribution in [0.3, 0.4) is 0 Å². The number of aryl methyl sites for hydroxylation is 1. The molecular weight excluding hydrogens is 362 g/mol. The van der Waals surface area contributed by atoms with Crippen molar-refractivity contribution in [2.75, 3.05) is 27.9 Å². The first kappa shape index (κ1) is 21.1. The standard InChI is InChI=1S/C21H25NO6/c1-26-17-6-4-5-15(9-17)7-8-20(23)22(14-21(24)25)13-16-10-18(27-2)12-19(11-16)28-3/h4-6,9-12H,7-8,13-14H2,1-3H3,(H,24,25). The van der Waals surface area contributed by atoms with Crippen molar-refractivity contribution in [2.45, 2.75) is 19.4 Å². The molecule has 28 heavy (non-hydrogen) atoms. The number of carbonyl (C=O) groups excluding carboxylic acids is 1. The van der Waals surface area contributed by atoms with E-state index in [0.29, 0.717) is 17.9 Å². The van der Waals surface area contributed by atoms with E-state index in [4.69, 9.17) is 14.2 Å². The molecule has 7 nitrogen and oxygen atoms in total. The highest BCUT2D eigenvalue weighted by atomic mass is 16.5. The SMILES string of the molecule is COc1cccc(CCC(=O)N(CC(=O)O)Cc2cc(OC)cc(OC)c2)c1. The van der Waals surface area contributed by atoms with Crippen LogP contribution in [0.2, 0.25) is 0 Å². The summed E-state index contributed by atoms with van der Waals surface area (Å²) >= 11 is 0. The molecule has 0 bridgehead atoms. The lowest BCUT2D eigenvalue weighted by molar-refractivity contribution is -0.144. The molecule has 2 aromatic carbocycles. The van der Waals surface area contributed by atoms with E-state index in [1.807, 2.05) is 24.3 Å². The molecule has 0 heterocycles. The largest absolute Gasteiger partial charge is 0.497 e. The quantitative estimate of drug-likeness (QED) is 0.675. The summed E-state index contributed by atoms with van der Waals surface area (Å²) in [6, 6.07) is 12.7. The molecule has 0 fully saturated rings. The molecule has 1 amide bonds. The number of rotatable bonds is 10. The van der Waals surface area contributed by atoms with Crippen molar-refractivity contribution in [3.8, 4) is 17.2 Å². The summed E-state index contributed by atoms with van der Waals surface area (Å²) in [6.07, 6.45) is 0.690. The minimum absolute atomic E-state index is 0.150. The van der Waals surface area contributed by atoms with Crippen molar-refractivity contribution < 1.29 is 28.9 Å². The fourth-order valence-electron chi connectivity index (χ4n) is 2.81. The average Bonchev–Trinajstić information content (AvgIpc) is 2.70. The molecule has 0 aliphatic carbocycles. The first-order valence-electron chi connectivity index (χ1n) is 8.79. The predicted octanol–water partition coefficient (Wildman–Crippen LogP) is 2.76. The van der Waals surface area contributed by atoms with E-state index >= 15 is 0 Å². The van der Waals surface area contributed by atoms with E-state index in [2.05, 4.69) is 0 Å². The van der Waals surface area contributed by atoms with Gasteiger partial charge in [0.05, 0.1) is 21.3 Å². The summed E-state index contributed by atoms with van der Waals surface area (Å²) in [5, 5.41) is 9.21. The lowest BCUT2D eigenvalue weighted by Gasteiger charge is -2.21. The van der Waals surface area contributed by atoms with Crippen LogP contribution in [-0.4, -0.2) is 49.8 Å². The number of carboxylic acids is 1. The van der Waals surface area contributed by atoms with Gasteiger partial charge in [0.1, 0.15) is 23.8 Å². The summed E-state index contributed by atoms with van der Waals surface area (Å²) in [7, 11) is 4.65. The zero-order valence-electron chi connectivity index (χ0n) is 16.3. The third-order valence-electron chi connectivity index (χ3n) is 4.23. The number of nitrogens with zero attached hydrogens (tertiary/aromatic N) is 1. The Morgan fingerprint density at radius 2 is 1.50 bits per heavy atom. The minimum Gasteiger partial charge on any atom is -0.497 e. The second-order valence-electron chi connectivity index (χ2n) is 6.22. The van der Waals surface area contributed by atoms with Crippen molar-refractivity contribution in [2.24, 2.45) is 0 Å². The van der Waals surface area contributed by atoms with Crippen LogP contribution in [0.25, 0.3) is 0 Å². The van der Waals surface area contributed by atoms with E-state index in [1.54, 1.807) is 25.3 Å². The van der Waals surface area contributed by atoms with E-state index in [0.717, 1.165) is 16.9 Å². The number of ether oxygens (including phenoxy) is 3. The Hall–Kier alpha value is -3.22. The molecule has 0 saturated heterocycles. The minimum atomic E-state index is -1.07. The van der Waals surface area contributed by atoms with Gasteiger partial charge in [-0.2, -0.15) is 0 Å². The molecule has 2 rings (SSSR count). The van der Waals surface area contributed by atoms with E-state index < -0.39 is 5.97 Å². The van der Waals surface area contributed by atoms with Crippen molar-refractivity contribution in [3.05, 3.63) is 53.6 Å². The van der Waals surface area contributed by atoms with Gasteiger partial charge in [0.15, 0.2) is 0 Å². The molecule has 0 aliphatic heterocycles. The zero-order chi connectivity index (χ0) is 20.5. The Bertz CT molecular complexity index is 798. The van der Waals surface area contributed by atoms with Crippen molar-refractivity contribution in [1.29, 1.82) is 0 Å². The van der Waals surface area contributed by atoms with Crippen LogP contribution in [0.4, 0.5) is 0 Å². The third kappa shape index (κ3) is 6.19. The van der Waals surface area contributed by atoms with Crippen LogP contribution < -0.4 is 14.2 Å². The Morgan fingerprint density at radius 3 is 2.07 bits per heavy atom. The Kier molecular flexibility index (Phi) is 7.68. The number of hydrogen-bond donors (Lipinski definition) is 1. The van der Waals surface area contributed by atoms with Crippen molar-refractivity contribution in [3.63, 3.8) is 0 Å². The number of carboxylic acid groups (broad SMARTS) is 1. The van der Waals surface area contributed by atoms with Crippen LogP contribution in [0.1, 0.15) is 17.5 Å². The third-order valence-corrected chi connectivity index (χ3v) is 4.23. The number of hydrogen-bond acceptors (Lipinski definition) is 5. The topological polar surface area (TPSA) is 85.3 Å². The zero-order valence-corrected chi connectivity index (χ0v) is 16.3. The second kappa shape index (κ2) is 10.2. The van der Waals surface area contributed by atoms with Gasteiger partial charge in [-0.1, -0.05) is 12.1 Å². The highest BCUT2D eigenvalue weighted by molar-refractivity contribution is 5.81. The molecule has 0 aromatic heterocycles. The van der Waals surface area contributed by atoms with Crippen LogP contribution in [-0.2, 0) is 22.6 Å². The predicted molar refractivity (Wildman–Crippen MR) is 104 cm³/mol. The number of benzene rings is 2. The normalized spacial score (nSPS) is 10.2. The molecule has 0 radical (unpaired) electrons. The fraction of sp³-hybridized carbons (Fsp3) is 0.333. The van der Waals surface area contributed by atoms with Gasteiger partial charge >= 0.3 is 5.97 Å². The molecular formula is C21H25NO6. The maximum atomic E-state index is 12.7. The lowest BCUT2D eigenvalue weighted by Crippen LogP contribution is -2.35. The van der Waals surface area contributed by atoms with Gasteiger partial charge in [-0.25, -0.2) is 0 Å². The molecule has 7 heteroatoms. The Balaban J connectivity index is 2.11. The summed E-state index contributed by atoms with van der Waals surface area (Å²) in [4.78, 5) is 25.3. The second-order valence-corrected chi connectivity index (χ2v) is 6.22. The number of amides is 1. The van der Waals surface area contributed by atoms with Gasteiger partial charge in [-0.15, -0.1) is 0 Å². The number of aliphatic carboxylic acids is 1. The molecule has 1 N–H and O–H groups in total. The van der Waals surface area contributed by atoms with Crippen LogP contribution in [0.15, 0.2) is 42.5 Å². The van der Waals surface area contributed by atoms with E-state index in [9.17, 15) is 14.7 Å². The maximum Gasteiger partial charge on any atom is 0.323 e. The fourth-order valence-corrected chi connectivity index (χ4v) is 2.81. The van der Waals surface area contributed by atoms with Crippen LogP contribution in [0, 0.1) is 0 Å². The highest BCUT2D eigenvalue weighted by Gasteiger charge is 2.18. The summed E-state index contributed by atoms with van der Waals surface area (Å²) in [6.45, 7) is -0.229. The summed E-state index contributed by atoms with van der Waals surface area (Å²) in [5.74, 6) is 0.564. The number of carbonyl (C=O) groups is 2. The van der Waals surface area contributed by atoms with Gasteiger partial charge in [0.25, 0.3) is 0 Å². The lowest BCUT2D eigenvalue weighted by atomic mass is 10.1. The molecule has 0 unspecified atom stereocenters. The molecule has 0 aliphatic rings. The Labute approximate surface area is 164 Å². The van der Waals surface area contributed by atoms with Gasteiger partial charge in [-0.05, 0) is 41.8 Å². The average molecular weight is 387 g/mol. The molecule has 150 valence electrons. The van der Waals surface area contributed by atoms with Crippen molar-refractivity contribution >= 4 is 11.9 Å². The van der Waals surface area contributed by atoms with Crippen LogP contribution >= 0.6 is 0 Å². The molecule has 0 spiro atoms. The number of methoxy groups -OCH3 is 3. The maximum absolute atomic E-state index is 12.7. The van der Waals surface area contributed by atoms with Crippen LogP contribution in [0.5, 0.6) is 17.2 Å². The van der Waals surface area contributed by atoms with Gasteiger partial charge in [-0.3, -0.25) is 9.59 Å². The van der Waals surface area contributed by atoms with E-state index in [1.165, 1.54) is 19.1 Å². The molecule has 0 atom stereocenters. The summed E-state index contributed by atoms with van der Waals surface area (Å²) in [5.41, 5.74) is 1.68. The smallest absolute Gasteiger partial charge is 0.323 e. The van der Waals surface area contributed by atoms with Gasteiger partial charge in [0.2, 0.25) is 5.91 Å². The molecule has 2 aromatic rings. The monoisotopic (exact) mass is 387 g/mol. The first-order valence-corrected chi connectivity index (χ1v) is 8.79. The van der Waals surface area contributed by atoms with Gasteiger partial charge in [0, 0.05) is 19.0 Å². The van der Waals surface area contributed by atoms with E-state index in [-0.39, 0.29) is 25.4 Å². The Morgan fingerprint density at radius 1 is 0.893 bits per heavy atom.